The zero-order valence-corrected chi connectivity index (χ0v) is 11.7. The lowest BCUT2D eigenvalue weighted by Crippen LogP contribution is -2.48. The lowest BCUT2D eigenvalue weighted by atomic mass is 9.97. The molecular formula is C15H20FN3O. The fourth-order valence-electron chi connectivity index (χ4n) is 2.75. The van der Waals surface area contributed by atoms with Crippen LogP contribution in [-0.4, -0.2) is 37.2 Å². The van der Waals surface area contributed by atoms with Crippen molar-refractivity contribution in [1.29, 1.82) is 5.26 Å². The molecule has 1 aliphatic rings. The molecule has 0 amide bonds. The number of nitrogens with zero attached hydrogens (tertiary/aromatic N) is 2. The zero-order valence-electron chi connectivity index (χ0n) is 11.7. The Bertz CT molecular complexity index is 500. The monoisotopic (exact) mass is 277 g/mol. The number of benzene rings is 1. The molecule has 1 heterocycles. The van der Waals surface area contributed by atoms with Gasteiger partial charge in [-0.15, -0.1) is 0 Å². The van der Waals surface area contributed by atoms with Crippen LogP contribution >= 0.6 is 0 Å². The number of methoxy groups -OCH3 is 1. The first-order valence-electron chi connectivity index (χ1n) is 6.83. The van der Waals surface area contributed by atoms with Gasteiger partial charge in [-0.2, -0.15) is 5.26 Å². The molecule has 1 fully saturated rings. The topological polar surface area (TPSA) is 62.3 Å². The summed E-state index contributed by atoms with van der Waals surface area (Å²) >= 11 is 0. The van der Waals surface area contributed by atoms with E-state index in [-0.39, 0.29) is 18.0 Å². The summed E-state index contributed by atoms with van der Waals surface area (Å²) in [7, 11) is 1.72. The maximum Gasteiger partial charge on any atom is 0.123 e. The Morgan fingerprint density at radius 3 is 3.00 bits per heavy atom. The minimum atomic E-state index is -0.310. The fraction of sp³-hybridized carbons (Fsp3) is 0.533. The van der Waals surface area contributed by atoms with Gasteiger partial charge in [0.05, 0.1) is 17.7 Å². The molecule has 108 valence electrons. The van der Waals surface area contributed by atoms with E-state index in [1.165, 1.54) is 18.2 Å². The van der Waals surface area contributed by atoms with Crippen molar-refractivity contribution in [3.05, 3.63) is 35.1 Å². The molecule has 2 unspecified atom stereocenters. The normalized spacial score (nSPS) is 23.5. The van der Waals surface area contributed by atoms with Gasteiger partial charge in [0.2, 0.25) is 0 Å². The first-order valence-corrected chi connectivity index (χ1v) is 6.83. The number of hydrogen-bond acceptors (Lipinski definition) is 4. The second-order valence-corrected chi connectivity index (χ2v) is 5.16. The molecule has 5 heteroatoms. The molecule has 0 aromatic heterocycles. The van der Waals surface area contributed by atoms with Crippen LogP contribution in [0.3, 0.4) is 0 Å². The van der Waals surface area contributed by atoms with Crippen LogP contribution in [0.1, 0.15) is 24.0 Å². The van der Waals surface area contributed by atoms with E-state index in [2.05, 4.69) is 11.0 Å². The fourth-order valence-corrected chi connectivity index (χ4v) is 2.75. The molecule has 1 aromatic rings. The van der Waals surface area contributed by atoms with Crippen molar-refractivity contribution in [2.24, 2.45) is 5.73 Å². The van der Waals surface area contributed by atoms with Crippen molar-refractivity contribution < 1.29 is 9.13 Å². The Morgan fingerprint density at radius 2 is 2.35 bits per heavy atom. The van der Waals surface area contributed by atoms with Crippen molar-refractivity contribution in [3.63, 3.8) is 0 Å². The lowest BCUT2D eigenvalue weighted by Gasteiger charge is -2.38. The van der Waals surface area contributed by atoms with Gasteiger partial charge in [-0.1, -0.05) is 0 Å². The molecule has 0 aliphatic carbocycles. The van der Waals surface area contributed by atoms with Crippen molar-refractivity contribution >= 4 is 0 Å². The Morgan fingerprint density at radius 1 is 1.55 bits per heavy atom. The molecule has 2 rings (SSSR count). The summed E-state index contributed by atoms with van der Waals surface area (Å²) in [4.78, 5) is 2.21. The highest BCUT2D eigenvalue weighted by Gasteiger charge is 2.27. The smallest absolute Gasteiger partial charge is 0.123 e. The SMILES string of the molecule is COC1CCN(Cc2cc(F)ccc2C#N)C(CN)C1. The Hall–Kier alpha value is -1.48. The zero-order chi connectivity index (χ0) is 14.5. The minimum absolute atomic E-state index is 0.212. The van der Waals surface area contributed by atoms with Crippen molar-refractivity contribution in [2.45, 2.75) is 31.5 Å². The quantitative estimate of drug-likeness (QED) is 0.908. The molecule has 20 heavy (non-hydrogen) atoms. The van der Waals surface area contributed by atoms with E-state index in [0.717, 1.165) is 24.9 Å². The molecule has 0 radical (unpaired) electrons. The van der Waals surface area contributed by atoms with E-state index in [1.54, 1.807) is 7.11 Å². The van der Waals surface area contributed by atoms with E-state index in [1.807, 2.05) is 0 Å². The summed E-state index contributed by atoms with van der Waals surface area (Å²) < 4.78 is 18.8. The largest absolute Gasteiger partial charge is 0.381 e. The molecule has 1 aromatic carbocycles. The number of likely N-dealkylation sites (tertiary alicyclic amines) is 1. The highest BCUT2D eigenvalue weighted by molar-refractivity contribution is 5.37. The Labute approximate surface area is 118 Å². The molecule has 4 nitrogen and oxygen atoms in total. The predicted octanol–water partition coefficient (Wildman–Crippen LogP) is 1.64. The number of nitriles is 1. The number of halogens is 1. The molecule has 0 spiro atoms. The third-order valence-corrected chi connectivity index (χ3v) is 3.96. The maximum absolute atomic E-state index is 13.4. The summed E-state index contributed by atoms with van der Waals surface area (Å²) in [5, 5.41) is 9.11. The molecule has 2 N–H and O–H groups in total. The van der Waals surface area contributed by atoms with E-state index in [9.17, 15) is 4.39 Å². The number of rotatable bonds is 4. The average molecular weight is 277 g/mol. The van der Waals surface area contributed by atoms with Gasteiger partial charge in [-0.05, 0) is 36.6 Å². The van der Waals surface area contributed by atoms with Crippen LogP contribution in [0.15, 0.2) is 18.2 Å². The maximum atomic E-state index is 13.4. The number of hydrogen-bond donors (Lipinski definition) is 1. The van der Waals surface area contributed by atoms with Crippen LogP contribution in [0.4, 0.5) is 4.39 Å². The summed E-state index contributed by atoms with van der Waals surface area (Å²) in [6.45, 7) is 1.94. The standard InChI is InChI=1S/C15H20FN3O/c1-20-15-4-5-19(14(7-15)9-18)10-12-6-13(16)3-2-11(12)8-17/h2-3,6,14-15H,4-5,7,9-10,18H2,1H3. The van der Waals surface area contributed by atoms with Crippen LogP contribution in [-0.2, 0) is 11.3 Å². The van der Waals surface area contributed by atoms with Gasteiger partial charge in [0.25, 0.3) is 0 Å². The van der Waals surface area contributed by atoms with Crippen LogP contribution < -0.4 is 5.73 Å². The Balaban J connectivity index is 2.13. The van der Waals surface area contributed by atoms with E-state index >= 15 is 0 Å². The third kappa shape index (κ3) is 3.34. The number of ether oxygens (including phenoxy) is 1. The van der Waals surface area contributed by atoms with Gasteiger partial charge in [-0.3, -0.25) is 4.90 Å². The van der Waals surface area contributed by atoms with Crippen molar-refractivity contribution in [2.75, 3.05) is 20.2 Å². The van der Waals surface area contributed by atoms with Crippen LogP contribution in [0.5, 0.6) is 0 Å². The second kappa shape index (κ2) is 6.80. The Kier molecular flexibility index (Phi) is 5.07. The number of piperidine rings is 1. The highest BCUT2D eigenvalue weighted by Crippen LogP contribution is 2.22. The van der Waals surface area contributed by atoms with E-state index in [0.29, 0.717) is 18.7 Å². The van der Waals surface area contributed by atoms with Gasteiger partial charge in [-0.25, -0.2) is 4.39 Å². The second-order valence-electron chi connectivity index (χ2n) is 5.16. The lowest BCUT2D eigenvalue weighted by molar-refractivity contribution is 0.0102. The van der Waals surface area contributed by atoms with Gasteiger partial charge in [0, 0.05) is 32.8 Å². The number of nitrogens with two attached hydrogens (primary N) is 1. The van der Waals surface area contributed by atoms with Crippen molar-refractivity contribution in [3.8, 4) is 6.07 Å². The molecular weight excluding hydrogens is 257 g/mol. The van der Waals surface area contributed by atoms with Crippen LogP contribution in [0.2, 0.25) is 0 Å². The molecule has 2 atom stereocenters. The highest BCUT2D eigenvalue weighted by atomic mass is 19.1. The summed E-state index contributed by atoms with van der Waals surface area (Å²) in [5.74, 6) is -0.310. The molecule has 0 bridgehead atoms. The van der Waals surface area contributed by atoms with Gasteiger partial charge < -0.3 is 10.5 Å². The summed E-state index contributed by atoms with van der Waals surface area (Å²) in [6, 6.07) is 6.62. The van der Waals surface area contributed by atoms with E-state index in [4.69, 9.17) is 15.7 Å². The molecule has 1 saturated heterocycles. The summed E-state index contributed by atoms with van der Waals surface area (Å²) in [6.07, 6.45) is 2.05. The molecule has 1 aliphatic heterocycles. The van der Waals surface area contributed by atoms with Gasteiger partial charge in [0.15, 0.2) is 0 Å². The predicted molar refractivity (Wildman–Crippen MR) is 74.4 cm³/mol. The first-order chi connectivity index (χ1) is 9.67. The average Bonchev–Trinajstić information content (AvgIpc) is 2.48. The third-order valence-electron chi connectivity index (χ3n) is 3.96. The van der Waals surface area contributed by atoms with Crippen molar-refractivity contribution in [1.82, 2.24) is 4.90 Å². The first kappa shape index (κ1) is 14.9. The van der Waals surface area contributed by atoms with Gasteiger partial charge >= 0.3 is 0 Å². The summed E-state index contributed by atoms with van der Waals surface area (Å²) in [5.41, 5.74) is 7.08. The van der Waals surface area contributed by atoms with Crippen LogP contribution in [0, 0.1) is 17.1 Å². The van der Waals surface area contributed by atoms with E-state index < -0.39 is 0 Å². The van der Waals surface area contributed by atoms with Gasteiger partial charge in [0.1, 0.15) is 5.82 Å². The minimum Gasteiger partial charge on any atom is -0.381 e. The van der Waals surface area contributed by atoms with Crippen LogP contribution in [0.25, 0.3) is 0 Å². The molecule has 0 saturated carbocycles.